The van der Waals surface area contributed by atoms with Gasteiger partial charge in [-0.1, -0.05) is 0 Å². The van der Waals surface area contributed by atoms with Crippen molar-refractivity contribution in [3.8, 4) is 0 Å². The monoisotopic (exact) mass is 944 g/mol. The molecule has 1 heterocycles. The molecule has 0 saturated carbocycles. The number of allylic oxidation sites excluding steroid dienone is 11. The van der Waals surface area contributed by atoms with Gasteiger partial charge in [0.1, 0.15) is 0 Å². The first-order chi connectivity index (χ1) is 19.4. The van der Waals surface area contributed by atoms with Crippen LogP contribution >= 0.6 is 24.4 Å². The van der Waals surface area contributed by atoms with E-state index in [1.165, 1.54) is 69.5 Å². The van der Waals surface area contributed by atoms with Crippen molar-refractivity contribution < 1.29 is 0 Å². The van der Waals surface area contributed by atoms with Crippen molar-refractivity contribution >= 4 is 92.6 Å². The molecular formula is C36H32Pb2S2. The van der Waals surface area contributed by atoms with Crippen LogP contribution in [0, 0.1) is 13.8 Å². The Labute approximate surface area is 281 Å². The summed E-state index contributed by atoms with van der Waals surface area (Å²) >= 11 is 8.91. The van der Waals surface area contributed by atoms with E-state index in [-0.39, 0.29) is 0 Å². The van der Waals surface area contributed by atoms with E-state index in [1.54, 1.807) is 0 Å². The molecule has 0 nitrogen and oxygen atoms in total. The van der Waals surface area contributed by atoms with Crippen molar-refractivity contribution in [1.29, 1.82) is 0 Å². The summed E-state index contributed by atoms with van der Waals surface area (Å²) in [5, 5.41) is 0. The molecule has 0 saturated heterocycles. The molecule has 1 aliphatic carbocycles. The van der Waals surface area contributed by atoms with Crippen molar-refractivity contribution in [2.45, 2.75) is 46.9 Å². The average Bonchev–Trinajstić information content (AvgIpc) is 2.93. The average molecular weight is 943 g/mol. The van der Waals surface area contributed by atoms with E-state index in [9.17, 15) is 0 Å². The van der Waals surface area contributed by atoms with Crippen LogP contribution in [0.2, 0.25) is 3.98 Å². The van der Waals surface area contributed by atoms with Crippen molar-refractivity contribution in [2.24, 2.45) is 0 Å². The van der Waals surface area contributed by atoms with E-state index in [0.29, 0.717) is 0 Å². The third-order valence-electron chi connectivity index (χ3n) is 7.21. The maximum absolute atomic E-state index is 4.77. The predicted octanol–water partition coefficient (Wildman–Crippen LogP) is 9.88. The van der Waals surface area contributed by atoms with Gasteiger partial charge in [-0.05, 0) is 0 Å². The van der Waals surface area contributed by atoms with Gasteiger partial charge in [0.15, 0.2) is 0 Å². The number of thiol groups is 1. The molecule has 5 rings (SSSR count). The normalized spacial score (nSPS) is 18.0. The molecule has 4 heteroatoms. The van der Waals surface area contributed by atoms with Crippen LogP contribution in [0.5, 0.6) is 0 Å². The van der Waals surface area contributed by atoms with E-state index in [1.807, 2.05) is 11.8 Å². The number of aryl methyl sites for hydroxylation is 2. The molecule has 2 aliphatic rings. The maximum atomic E-state index is 4.77. The van der Waals surface area contributed by atoms with E-state index < -0.39 is 0 Å². The predicted molar refractivity (Wildman–Crippen MR) is 180 cm³/mol. The first-order valence-corrected chi connectivity index (χ1v) is 19.6. The van der Waals surface area contributed by atoms with Crippen LogP contribution in [0.1, 0.15) is 47.1 Å². The number of hydrogen-bond acceptors (Lipinski definition) is 2. The molecule has 0 N–H and O–H groups in total. The zero-order chi connectivity index (χ0) is 28.1. The standard InChI is InChI=1S/C36H32S2.2Pb/c1-4-27(32-12-5-7-14-34(32)37)16-18-29-10-9-11-30(36(29)31-23-25(2)22-26(3)24-31)19-17-28-20-21-38-35-15-8-6-13-33(28)35;;/h4-8,12-20,22-24,37H,1,9-11H2,2-3H3;;/b18-16+,27-4-,28-17+,30-19+;;. The summed E-state index contributed by atoms with van der Waals surface area (Å²) in [6, 6.07) is 24.3. The molecule has 196 valence electrons. The Morgan fingerprint density at radius 3 is 2.48 bits per heavy atom. The second kappa shape index (κ2) is 14.2. The fourth-order valence-electron chi connectivity index (χ4n) is 5.52. The molecule has 6 radical (unpaired) electrons. The molecule has 0 spiro atoms. The van der Waals surface area contributed by atoms with Crippen molar-refractivity contribution in [2.75, 3.05) is 0 Å². The fraction of sp³-hybridized carbons (Fsp3) is 0.167. The summed E-state index contributed by atoms with van der Waals surface area (Å²) in [4.78, 5) is 2.41. The van der Waals surface area contributed by atoms with E-state index in [2.05, 4.69) is 117 Å². The summed E-state index contributed by atoms with van der Waals surface area (Å²) in [7, 11) is 0. The third-order valence-corrected chi connectivity index (χ3v) is 11.1. The number of fused-ring (bicyclic) bond motifs is 1. The van der Waals surface area contributed by atoms with Gasteiger partial charge in [-0.15, -0.1) is 0 Å². The van der Waals surface area contributed by atoms with Crippen LogP contribution in [0.3, 0.4) is 0 Å². The number of benzene rings is 3. The first kappa shape index (κ1) is 30.1. The molecule has 0 atom stereocenters. The molecule has 0 fully saturated rings. The summed E-state index contributed by atoms with van der Waals surface area (Å²) in [5.74, 6) is 0. The molecular weight excluding hydrogens is 911 g/mol. The Kier molecular flexibility index (Phi) is 10.7. The van der Waals surface area contributed by atoms with Gasteiger partial charge in [-0.3, -0.25) is 0 Å². The second-order valence-electron chi connectivity index (χ2n) is 10.3. The summed E-state index contributed by atoms with van der Waals surface area (Å²) in [6.45, 7) is 4.43. The summed E-state index contributed by atoms with van der Waals surface area (Å²) < 4.78 is 2.60. The topological polar surface area (TPSA) is 0 Å². The van der Waals surface area contributed by atoms with Gasteiger partial charge in [-0.2, -0.15) is 0 Å². The fourth-order valence-corrected chi connectivity index (χ4v) is 9.42. The minimum atomic E-state index is 1.03. The van der Waals surface area contributed by atoms with Crippen LogP contribution in [0.4, 0.5) is 0 Å². The Morgan fingerprint density at radius 2 is 1.70 bits per heavy atom. The molecule has 0 unspecified atom stereocenters. The quantitative estimate of drug-likeness (QED) is 0.146. The van der Waals surface area contributed by atoms with E-state index >= 15 is 0 Å². The van der Waals surface area contributed by atoms with Crippen molar-refractivity contribution in [3.05, 3.63) is 145 Å². The zero-order valence-corrected chi connectivity index (χ0v) is 32.5. The molecule has 0 amide bonds. The third kappa shape index (κ3) is 7.34. The Balaban J connectivity index is 1.63. The number of thioether (sulfide) groups is 1. The van der Waals surface area contributed by atoms with Gasteiger partial charge in [0.25, 0.3) is 0 Å². The number of rotatable bonds is 6. The first-order valence-electron chi connectivity index (χ1n) is 13.7. The van der Waals surface area contributed by atoms with Gasteiger partial charge in [-0.25, -0.2) is 0 Å². The van der Waals surface area contributed by atoms with Crippen molar-refractivity contribution in [1.82, 2.24) is 0 Å². The molecule has 0 aromatic heterocycles. The summed E-state index contributed by atoms with van der Waals surface area (Å²) in [5.41, 5.74) is 13.4. The van der Waals surface area contributed by atoms with Crippen LogP contribution in [0.15, 0.2) is 127 Å². The van der Waals surface area contributed by atoms with Gasteiger partial charge in [0.2, 0.25) is 0 Å². The van der Waals surface area contributed by atoms with Gasteiger partial charge in [0, 0.05) is 0 Å². The summed E-state index contributed by atoms with van der Waals surface area (Å²) in [6.07, 6.45) is 17.6. The zero-order valence-electron chi connectivity index (χ0n) is 23.0. The Hall–Kier alpha value is -1.36. The van der Waals surface area contributed by atoms with Crippen LogP contribution in [-0.4, -0.2) is 51.5 Å². The Bertz CT molecular complexity index is 1590. The van der Waals surface area contributed by atoms with Crippen LogP contribution in [0.25, 0.3) is 16.7 Å². The molecule has 1 aliphatic heterocycles. The van der Waals surface area contributed by atoms with E-state index in [4.69, 9.17) is 12.6 Å². The van der Waals surface area contributed by atoms with Crippen molar-refractivity contribution in [3.63, 3.8) is 0 Å². The van der Waals surface area contributed by atoms with Gasteiger partial charge < -0.3 is 0 Å². The van der Waals surface area contributed by atoms with E-state index in [0.717, 1.165) is 73.3 Å². The number of hydrogen-bond donors (Lipinski definition) is 1. The second-order valence-corrected chi connectivity index (χ2v) is 16.9. The molecule has 40 heavy (non-hydrogen) atoms. The van der Waals surface area contributed by atoms with Gasteiger partial charge in [0.05, 0.1) is 0 Å². The Morgan fingerprint density at radius 1 is 0.950 bits per heavy atom. The van der Waals surface area contributed by atoms with Gasteiger partial charge >= 0.3 is 284 Å². The molecule has 0 bridgehead atoms. The minimum absolute atomic E-state index is 1.03. The van der Waals surface area contributed by atoms with Crippen LogP contribution < -0.4 is 0 Å². The SMILES string of the molecule is Cc1cc(C)cc(C2=C(/C=C/C(=C/[CH2][Pb])c3ccccc3S)CCC/C2=C\C=C2/C=[C]([Pb])Sc3ccccc32)c1. The van der Waals surface area contributed by atoms with Crippen LogP contribution in [-0.2, 0) is 0 Å². The molecule has 3 aromatic carbocycles. The molecule has 3 aromatic rings.